The predicted octanol–water partition coefficient (Wildman–Crippen LogP) is 4.62. The van der Waals surface area contributed by atoms with E-state index < -0.39 is 0 Å². The molecule has 0 saturated carbocycles. The van der Waals surface area contributed by atoms with Gasteiger partial charge in [-0.3, -0.25) is 4.98 Å². The average molecular weight is 291 g/mol. The molecular formula is C19H21N3. The maximum absolute atomic E-state index is 4.91. The second-order valence-corrected chi connectivity index (χ2v) is 5.41. The van der Waals surface area contributed by atoms with Gasteiger partial charge in [-0.1, -0.05) is 38.6 Å². The highest BCUT2D eigenvalue weighted by Crippen LogP contribution is 2.37. The van der Waals surface area contributed by atoms with E-state index >= 15 is 0 Å². The molecule has 1 aliphatic rings. The third-order valence-electron chi connectivity index (χ3n) is 3.92. The van der Waals surface area contributed by atoms with Crippen molar-refractivity contribution in [2.24, 2.45) is 4.99 Å². The van der Waals surface area contributed by atoms with Crippen LogP contribution in [-0.2, 0) is 6.42 Å². The molecule has 112 valence electrons. The number of hydrogen-bond acceptors (Lipinski definition) is 2. The number of amidine groups is 1. The van der Waals surface area contributed by atoms with E-state index in [1.165, 1.54) is 11.3 Å². The molecule has 0 N–H and O–H groups in total. The number of pyridine rings is 1. The van der Waals surface area contributed by atoms with E-state index in [1.807, 2.05) is 18.3 Å². The van der Waals surface area contributed by atoms with Crippen molar-refractivity contribution in [1.82, 2.24) is 4.98 Å². The summed E-state index contributed by atoms with van der Waals surface area (Å²) in [5.74, 6) is 0.950. The maximum Gasteiger partial charge on any atom is 0.141 e. The van der Waals surface area contributed by atoms with Crippen molar-refractivity contribution in [3.8, 4) is 0 Å². The number of aryl methyl sites for hydroxylation is 1. The largest absolute Gasteiger partial charge is 0.325 e. The molecule has 2 aromatic rings. The number of fused-ring (bicyclic) bond motifs is 1. The van der Waals surface area contributed by atoms with Gasteiger partial charge in [0, 0.05) is 23.9 Å². The highest BCUT2D eigenvalue weighted by molar-refractivity contribution is 6.35. The first-order valence-electron chi connectivity index (χ1n) is 7.85. The van der Waals surface area contributed by atoms with E-state index in [0.29, 0.717) is 0 Å². The average Bonchev–Trinajstić information content (AvgIpc) is 2.82. The molecule has 0 atom stereocenters. The summed E-state index contributed by atoms with van der Waals surface area (Å²) in [4.78, 5) is 11.6. The molecule has 0 bridgehead atoms. The second kappa shape index (κ2) is 6.14. The Kier molecular flexibility index (Phi) is 4.05. The highest BCUT2D eigenvalue weighted by atomic mass is 15.2. The molecule has 22 heavy (non-hydrogen) atoms. The quantitative estimate of drug-likeness (QED) is 0.822. The van der Waals surface area contributed by atoms with Gasteiger partial charge in [0.2, 0.25) is 0 Å². The summed E-state index contributed by atoms with van der Waals surface area (Å²) >= 11 is 0. The Morgan fingerprint density at radius 1 is 1.14 bits per heavy atom. The first kappa shape index (κ1) is 14.5. The Morgan fingerprint density at radius 2 is 1.95 bits per heavy atom. The Morgan fingerprint density at radius 3 is 2.73 bits per heavy atom. The molecule has 1 aliphatic heterocycles. The van der Waals surface area contributed by atoms with Gasteiger partial charge in [0.15, 0.2) is 0 Å². The van der Waals surface area contributed by atoms with Crippen LogP contribution in [0.5, 0.6) is 0 Å². The number of para-hydroxylation sites is 1. The lowest BCUT2D eigenvalue weighted by Gasteiger charge is -2.19. The zero-order chi connectivity index (χ0) is 15.5. The lowest BCUT2D eigenvalue weighted by Crippen LogP contribution is -2.27. The van der Waals surface area contributed by atoms with Crippen LogP contribution in [0.15, 0.2) is 54.2 Å². The monoisotopic (exact) mass is 291 g/mol. The van der Waals surface area contributed by atoms with Gasteiger partial charge < -0.3 is 4.90 Å². The zero-order valence-electron chi connectivity index (χ0n) is 13.2. The van der Waals surface area contributed by atoms with E-state index in [4.69, 9.17) is 4.99 Å². The van der Waals surface area contributed by atoms with Crippen molar-refractivity contribution in [2.75, 3.05) is 11.4 Å². The predicted molar refractivity (Wildman–Crippen MR) is 93.8 cm³/mol. The van der Waals surface area contributed by atoms with Crippen LogP contribution in [0.1, 0.15) is 31.5 Å². The van der Waals surface area contributed by atoms with E-state index in [9.17, 15) is 0 Å². The summed E-state index contributed by atoms with van der Waals surface area (Å²) < 4.78 is 0. The van der Waals surface area contributed by atoms with Crippen molar-refractivity contribution in [1.29, 1.82) is 0 Å². The Balaban J connectivity index is 2.10. The molecule has 0 amide bonds. The Labute approximate surface area is 132 Å². The summed E-state index contributed by atoms with van der Waals surface area (Å²) in [6.07, 6.45) is 3.76. The van der Waals surface area contributed by atoms with Gasteiger partial charge in [0.05, 0.1) is 17.1 Å². The number of rotatable bonds is 4. The van der Waals surface area contributed by atoms with Crippen molar-refractivity contribution in [3.05, 3.63) is 60.4 Å². The van der Waals surface area contributed by atoms with Crippen LogP contribution < -0.4 is 4.90 Å². The lowest BCUT2D eigenvalue weighted by molar-refractivity contribution is 0.909. The van der Waals surface area contributed by atoms with E-state index in [0.717, 1.165) is 42.2 Å². The fourth-order valence-electron chi connectivity index (χ4n) is 2.86. The molecule has 0 spiro atoms. The van der Waals surface area contributed by atoms with Crippen LogP contribution in [0, 0.1) is 0 Å². The lowest BCUT2D eigenvalue weighted by atomic mass is 10.1. The molecule has 2 heterocycles. The molecule has 1 aromatic heterocycles. The molecule has 3 rings (SSSR count). The van der Waals surface area contributed by atoms with E-state index in [-0.39, 0.29) is 0 Å². The van der Waals surface area contributed by atoms with Gasteiger partial charge in [-0.05, 0) is 31.0 Å². The third-order valence-corrected chi connectivity index (χ3v) is 3.92. The molecule has 0 fully saturated rings. The van der Waals surface area contributed by atoms with Crippen LogP contribution >= 0.6 is 0 Å². The van der Waals surface area contributed by atoms with E-state index in [1.54, 1.807) is 0 Å². The topological polar surface area (TPSA) is 28.5 Å². The number of benzene rings is 1. The fraction of sp³-hybridized carbons (Fsp3) is 0.263. The summed E-state index contributed by atoms with van der Waals surface area (Å²) in [6.45, 7) is 9.50. The van der Waals surface area contributed by atoms with Gasteiger partial charge in [-0.2, -0.15) is 0 Å². The second-order valence-electron chi connectivity index (χ2n) is 5.41. The minimum absolute atomic E-state index is 0.875. The minimum atomic E-state index is 0.875. The molecule has 1 aromatic carbocycles. The van der Waals surface area contributed by atoms with Gasteiger partial charge in [-0.25, -0.2) is 4.99 Å². The number of hydrogen-bond donors (Lipinski definition) is 0. The minimum Gasteiger partial charge on any atom is -0.325 e. The number of aliphatic imine (C=N–C) groups is 1. The first-order valence-corrected chi connectivity index (χ1v) is 7.85. The molecule has 0 saturated heterocycles. The van der Waals surface area contributed by atoms with Crippen molar-refractivity contribution in [3.63, 3.8) is 0 Å². The standard InChI is InChI=1S/C19H21N3/c1-4-13-22-18-11-7-6-9-15(18)14(3)19(22)21-17-10-8-12-20-16(17)5-2/h6-12H,3-5,13H2,1-2H3. The van der Waals surface area contributed by atoms with Crippen LogP contribution in [0.25, 0.3) is 5.57 Å². The normalized spacial score (nSPS) is 15.5. The molecule has 3 heteroatoms. The van der Waals surface area contributed by atoms with Crippen LogP contribution in [0.4, 0.5) is 11.4 Å². The molecule has 0 aliphatic carbocycles. The van der Waals surface area contributed by atoms with Crippen molar-refractivity contribution < 1.29 is 0 Å². The molecule has 3 nitrogen and oxygen atoms in total. The molecular weight excluding hydrogens is 270 g/mol. The van der Waals surface area contributed by atoms with Gasteiger partial charge in [0.1, 0.15) is 5.84 Å². The van der Waals surface area contributed by atoms with Crippen LogP contribution in [0.2, 0.25) is 0 Å². The summed E-state index contributed by atoms with van der Waals surface area (Å²) in [5.41, 5.74) is 5.34. The zero-order valence-corrected chi connectivity index (χ0v) is 13.2. The van der Waals surface area contributed by atoms with Crippen molar-refractivity contribution >= 4 is 22.8 Å². The maximum atomic E-state index is 4.91. The molecule has 0 unspecified atom stereocenters. The van der Waals surface area contributed by atoms with Crippen LogP contribution in [-0.4, -0.2) is 17.4 Å². The first-order chi connectivity index (χ1) is 10.8. The third kappa shape index (κ3) is 2.43. The molecule has 0 radical (unpaired) electrons. The summed E-state index contributed by atoms with van der Waals surface area (Å²) in [6, 6.07) is 12.3. The number of aromatic nitrogens is 1. The van der Waals surface area contributed by atoms with Crippen LogP contribution in [0.3, 0.4) is 0 Å². The number of anilines is 1. The summed E-state index contributed by atoms with van der Waals surface area (Å²) in [7, 11) is 0. The number of nitrogens with zero attached hydrogens (tertiary/aromatic N) is 3. The fourth-order valence-corrected chi connectivity index (χ4v) is 2.86. The SMILES string of the molecule is C=C1C(=Nc2cccnc2CC)N(CCC)c2ccccc21. The summed E-state index contributed by atoms with van der Waals surface area (Å²) in [5, 5.41) is 0. The Bertz CT molecular complexity index is 731. The van der Waals surface area contributed by atoms with E-state index in [2.05, 4.69) is 54.6 Å². The van der Waals surface area contributed by atoms with Gasteiger partial charge >= 0.3 is 0 Å². The smallest absolute Gasteiger partial charge is 0.141 e. The van der Waals surface area contributed by atoms with Crippen molar-refractivity contribution in [2.45, 2.75) is 26.7 Å². The van der Waals surface area contributed by atoms with Gasteiger partial charge in [-0.15, -0.1) is 0 Å². The Hall–Kier alpha value is -2.42. The van der Waals surface area contributed by atoms with Gasteiger partial charge in [0.25, 0.3) is 0 Å². The highest BCUT2D eigenvalue weighted by Gasteiger charge is 2.28.